The molecule has 0 saturated heterocycles. The number of nitrogens with zero attached hydrogens (tertiary/aromatic N) is 2. The first-order valence-electron chi connectivity index (χ1n) is 23.4. The van der Waals surface area contributed by atoms with Gasteiger partial charge < -0.3 is 9.13 Å². The Morgan fingerprint density at radius 1 is 0.176 bits per heavy atom. The van der Waals surface area contributed by atoms with Crippen LogP contribution in [0.15, 0.2) is 267 Å². The summed E-state index contributed by atoms with van der Waals surface area (Å²) in [6.45, 7) is 0. The van der Waals surface area contributed by atoms with Crippen molar-refractivity contribution >= 4 is 43.6 Å². The van der Waals surface area contributed by atoms with Crippen LogP contribution in [0.3, 0.4) is 0 Å². The Balaban J connectivity index is 0.809. The Bertz CT molecular complexity index is 3990. The molecule has 2 aromatic heterocycles. The average molecular weight is 865 g/mol. The maximum absolute atomic E-state index is 2.41. The molecule has 0 aliphatic carbocycles. The predicted octanol–water partition coefficient (Wildman–Crippen LogP) is 17.9. The summed E-state index contributed by atoms with van der Waals surface area (Å²) in [4.78, 5) is 0. The summed E-state index contributed by atoms with van der Waals surface area (Å²) in [5.74, 6) is 0. The molecule has 0 N–H and O–H groups in total. The molecular formula is C66H44N2. The molecule has 0 aliphatic heterocycles. The second kappa shape index (κ2) is 16.5. The standard InChI is InChI=1S/C66H44N2/c1-3-15-45(16-4-1)49-17-13-19-51(41-49)52-20-14-18-50(42-52)46-29-31-47(32-30-46)57-23-7-8-24-58(57)48-33-37-56(38-34-48)68-64-28-12-10-26-60(64)62-44-54(36-40-66(62)68)53-35-39-65-61(43-53)59-25-9-11-27-63(59)67(65)55-21-5-2-6-22-55/h1-44H. The first-order chi connectivity index (χ1) is 33.7. The summed E-state index contributed by atoms with van der Waals surface area (Å²) in [6.07, 6.45) is 0. The molecule has 0 radical (unpaired) electrons. The summed E-state index contributed by atoms with van der Waals surface area (Å²) in [6, 6.07) is 97.3. The van der Waals surface area contributed by atoms with Crippen molar-refractivity contribution in [3.05, 3.63) is 267 Å². The number of fused-ring (bicyclic) bond motifs is 6. The van der Waals surface area contributed by atoms with Gasteiger partial charge in [-0.2, -0.15) is 0 Å². The highest BCUT2D eigenvalue weighted by Crippen LogP contribution is 2.40. The molecule has 13 aromatic rings. The molecule has 0 atom stereocenters. The normalized spacial score (nSPS) is 11.5. The fraction of sp³-hybridized carbons (Fsp3) is 0. The molecule has 13 rings (SSSR count). The van der Waals surface area contributed by atoms with Gasteiger partial charge in [0.15, 0.2) is 0 Å². The first-order valence-corrected chi connectivity index (χ1v) is 23.4. The Morgan fingerprint density at radius 3 is 1.01 bits per heavy atom. The molecule has 0 amide bonds. The van der Waals surface area contributed by atoms with E-state index in [1.165, 1.54) is 116 Å². The van der Waals surface area contributed by atoms with Crippen molar-refractivity contribution in [1.29, 1.82) is 0 Å². The molecule has 0 saturated carbocycles. The average Bonchev–Trinajstić information content (AvgIpc) is 3.94. The largest absolute Gasteiger partial charge is 0.309 e. The van der Waals surface area contributed by atoms with Crippen LogP contribution in [0.4, 0.5) is 0 Å². The van der Waals surface area contributed by atoms with Gasteiger partial charge in [-0.1, -0.05) is 194 Å². The van der Waals surface area contributed by atoms with Crippen molar-refractivity contribution in [2.45, 2.75) is 0 Å². The van der Waals surface area contributed by atoms with Gasteiger partial charge in [0.25, 0.3) is 0 Å². The first kappa shape index (κ1) is 39.4. The van der Waals surface area contributed by atoms with Crippen LogP contribution in [0.25, 0.3) is 122 Å². The van der Waals surface area contributed by atoms with Gasteiger partial charge in [0, 0.05) is 32.9 Å². The summed E-state index contributed by atoms with van der Waals surface area (Å²) in [7, 11) is 0. The minimum Gasteiger partial charge on any atom is -0.309 e. The maximum atomic E-state index is 2.41. The number of para-hydroxylation sites is 3. The Labute approximate surface area is 395 Å². The monoisotopic (exact) mass is 864 g/mol. The fourth-order valence-corrected chi connectivity index (χ4v) is 10.4. The zero-order valence-corrected chi connectivity index (χ0v) is 37.3. The van der Waals surface area contributed by atoms with E-state index in [4.69, 9.17) is 0 Å². The van der Waals surface area contributed by atoms with Gasteiger partial charge in [0.05, 0.1) is 22.1 Å². The highest BCUT2D eigenvalue weighted by molar-refractivity contribution is 6.12. The molecule has 0 fully saturated rings. The Hall–Kier alpha value is -8.98. The second-order valence-electron chi connectivity index (χ2n) is 17.7. The summed E-state index contributed by atoms with van der Waals surface area (Å²) >= 11 is 0. The van der Waals surface area contributed by atoms with Gasteiger partial charge in [-0.15, -0.1) is 0 Å². The molecule has 2 heteroatoms. The molecule has 11 aromatic carbocycles. The lowest BCUT2D eigenvalue weighted by Gasteiger charge is -2.13. The lowest BCUT2D eigenvalue weighted by Crippen LogP contribution is -1.94. The maximum Gasteiger partial charge on any atom is 0.0541 e. The van der Waals surface area contributed by atoms with Gasteiger partial charge >= 0.3 is 0 Å². The molecule has 2 heterocycles. The number of hydrogen-bond acceptors (Lipinski definition) is 0. The van der Waals surface area contributed by atoms with E-state index in [9.17, 15) is 0 Å². The van der Waals surface area contributed by atoms with E-state index < -0.39 is 0 Å². The minimum atomic E-state index is 1.14. The van der Waals surface area contributed by atoms with E-state index in [2.05, 4.69) is 276 Å². The van der Waals surface area contributed by atoms with Gasteiger partial charge in [0.2, 0.25) is 0 Å². The third-order valence-electron chi connectivity index (χ3n) is 13.8. The van der Waals surface area contributed by atoms with E-state index in [0.717, 1.165) is 5.69 Å². The van der Waals surface area contributed by atoms with Crippen LogP contribution >= 0.6 is 0 Å². The molecule has 68 heavy (non-hydrogen) atoms. The number of hydrogen-bond donors (Lipinski definition) is 0. The summed E-state index contributed by atoms with van der Waals surface area (Å²) < 4.78 is 4.79. The van der Waals surface area contributed by atoms with E-state index in [1.54, 1.807) is 0 Å². The summed E-state index contributed by atoms with van der Waals surface area (Å²) in [5, 5.41) is 5.00. The minimum absolute atomic E-state index is 1.14. The molecule has 0 spiro atoms. The fourth-order valence-electron chi connectivity index (χ4n) is 10.4. The van der Waals surface area contributed by atoms with Crippen LogP contribution in [-0.2, 0) is 0 Å². The number of benzene rings is 11. The van der Waals surface area contributed by atoms with Crippen molar-refractivity contribution in [1.82, 2.24) is 9.13 Å². The van der Waals surface area contributed by atoms with Crippen LogP contribution in [0.5, 0.6) is 0 Å². The second-order valence-corrected chi connectivity index (χ2v) is 17.7. The molecular weight excluding hydrogens is 821 g/mol. The lowest BCUT2D eigenvalue weighted by molar-refractivity contribution is 1.18. The quantitative estimate of drug-likeness (QED) is 0.144. The van der Waals surface area contributed by atoms with Crippen LogP contribution in [-0.4, -0.2) is 9.13 Å². The van der Waals surface area contributed by atoms with E-state index in [1.807, 2.05) is 0 Å². The van der Waals surface area contributed by atoms with Gasteiger partial charge in [-0.05, 0) is 140 Å². The van der Waals surface area contributed by atoms with E-state index in [-0.39, 0.29) is 0 Å². The number of rotatable bonds is 8. The van der Waals surface area contributed by atoms with Crippen molar-refractivity contribution < 1.29 is 0 Å². The molecule has 0 aliphatic rings. The highest BCUT2D eigenvalue weighted by Gasteiger charge is 2.17. The van der Waals surface area contributed by atoms with E-state index >= 15 is 0 Å². The molecule has 318 valence electrons. The molecule has 2 nitrogen and oxygen atoms in total. The van der Waals surface area contributed by atoms with Gasteiger partial charge in [-0.3, -0.25) is 0 Å². The summed E-state index contributed by atoms with van der Waals surface area (Å²) in [5.41, 5.74) is 21.6. The Morgan fingerprint density at radius 2 is 0.500 bits per heavy atom. The zero-order valence-electron chi connectivity index (χ0n) is 37.3. The number of aromatic nitrogens is 2. The molecule has 0 unspecified atom stereocenters. The predicted molar refractivity (Wildman–Crippen MR) is 288 cm³/mol. The third kappa shape index (κ3) is 6.82. The van der Waals surface area contributed by atoms with E-state index in [0.29, 0.717) is 0 Å². The third-order valence-corrected chi connectivity index (χ3v) is 13.8. The Kier molecular flexibility index (Phi) is 9.54. The SMILES string of the molecule is c1ccc(-c2cccc(-c3cccc(-c4ccc(-c5ccccc5-c5ccc(-n6c7ccccc7c7cc(-c8ccc9c(c8)c8ccccc8n9-c8ccccc8)ccc76)cc5)cc4)c3)c2)cc1. The highest BCUT2D eigenvalue weighted by atomic mass is 15.0. The topological polar surface area (TPSA) is 9.86 Å². The van der Waals surface area contributed by atoms with Crippen molar-refractivity contribution in [3.8, 4) is 78.1 Å². The smallest absolute Gasteiger partial charge is 0.0541 e. The van der Waals surface area contributed by atoms with Crippen molar-refractivity contribution in [3.63, 3.8) is 0 Å². The van der Waals surface area contributed by atoms with Crippen LogP contribution in [0.2, 0.25) is 0 Å². The van der Waals surface area contributed by atoms with Crippen molar-refractivity contribution in [2.24, 2.45) is 0 Å². The van der Waals surface area contributed by atoms with Gasteiger partial charge in [-0.25, -0.2) is 0 Å². The van der Waals surface area contributed by atoms with Crippen molar-refractivity contribution in [2.75, 3.05) is 0 Å². The van der Waals surface area contributed by atoms with Crippen LogP contribution in [0.1, 0.15) is 0 Å². The lowest BCUT2D eigenvalue weighted by atomic mass is 9.92. The molecule has 0 bridgehead atoms. The van der Waals surface area contributed by atoms with Crippen LogP contribution in [0, 0.1) is 0 Å². The van der Waals surface area contributed by atoms with Gasteiger partial charge in [0.1, 0.15) is 0 Å². The van der Waals surface area contributed by atoms with Crippen LogP contribution < -0.4 is 0 Å². The zero-order chi connectivity index (χ0) is 45.0.